The number of anilines is 1. The lowest BCUT2D eigenvalue weighted by Crippen LogP contribution is -2.41. The Balaban J connectivity index is 1.75. The zero-order valence-corrected chi connectivity index (χ0v) is 17.1. The highest BCUT2D eigenvalue weighted by Crippen LogP contribution is 2.32. The van der Waals surface area contributed by atoms with Crippen molar-refractivity contribution in [3.63, 3.8) is 0 Å². The Hall–Kier alpha value is -2.87. The highest BCUT2D eigenvalue weighted by atomic mass is 35.5. The maximum Gasteiger partial charge on any atom is 0.242 e. The van der Waals surface area contributed by atoms with Gasteiger partial charge in [-0.3, -0.25) is 4.79 Å². The molecule has 29 heavy (non-hydrogen) atoms. The Morgan fingerprint density at radius 2 is 1.59 bits per heavy atom. The number of para-hydroxylation sites is 1. The number of ether oxygens (including phenoxy) is 1. The van der Waals surface area contributed by atoms with E-state index in [-0.39, 0.29) is 4.90 Å². The molecule has 150 valence electrons. The predicted octanol–water partition coefficient (Wildman–Crippen LogP) is 4.44. The van der Waals surface area contributed by atoms with E-state index in [2.05, 4.69) is 10.0 Å². The van der Waals surface area contributed by atoms with Crippen LogP contribution in [0.1, 0.15) is 6.92 Å². The molecule has 8 heteroatoms. The molecule has 6 nitrogen and oxygen atoms in total. The second-order valence-corrected chi connectivity index (χ2v) is 8.35. The van der Waals surface area contributed by atoms with Gasteiger partial charge in [0.2, 0.25) is 15.9 Å². The van der Waals surface area contributed by atoms with E-state index in [4.69, 9.17) is 16.3 Å². The number of benzene rings is 3. The fraction of sp³-hybridized carbons (Fsp3) is 0.0952. The Morgan fingerprint density at radius 3 is 2.24 bits per heavy atom. The number of hydrogen-bond donors (Lipinski definition) is 2. The lowest BCUT2D eigenvalue weighted by Gasteiger charge is -2.17. The second kappa shape index (κ2) is 9.09. The van der Waals surface area contributed by atoms with Crippen molar-refractivity contribution in [1.82, 2.24) is 4.72 Å². The fourth-order valence-corrected chi connectivity index (χ4v) is 3.90. The first kappa shape index (κ1) is 20.9. The zero-order chi connectivity index (χ0) is 20.9. The predicted molar refractivity (Wildman–Crippen MR) is 113 cm³/mol. The van der Waals surface area contributed by atoms with Crippen molar-refractivity contribution in [2.75, 3.05) is 5.32 Å². The molecule has 3 rings (SSSR count). The smallest absolute Gasteiger partial charge is 0.242 e. The Bertz CT molecular complexity index is 1090. The molecule has 0 saturated carbocycles. The average Bonchev–Trinajstić information content (AvgIpc) is 2.71. The van der Waals surface area contributed by atoms with Crippen LogP contribution >= 0.6 is 11.6 Å². The van der Waals surface area contributed by atoms with Gasteiger partial charge in [0, 0.05) is 5.02 Å². The van der Waals surface area contributed by atoms with Crippen molar-refractivity contribution in [2.24, 2.45) is 0 Å². The lowest BCUT2D eigenvalue weighted by molar-refractivity contribution is -0.117. The molecule has 2 N–H and O–H groups in total. The highest BCUT2D eigenvalue weighted by Gasteiger charge is 2.23. The average molecular weight is 431 g/mol. The van der Waals surface area contributed by atoms with Gasteiger partial charge in [-0.15, -0.1) is 0 Å². The summed E-state index contributed by atoms with van der Waals surface area (Å²) < 4.78 is 33.0. The number of rotatable bonds is 7. The summed E-state index contributed by atoms with van der Waals surface area (Å²) in [6, 6.07) is 20.7. The molecule has 0 bridgehead atoms. The van der Waals surface area contributed by atoms with Crippen molar-refractivity contribution in [3.05, 3.63) is 83.9 Å². The van der Waals surface area contributed by atoms with Crippen LogP contribution in [0.2, 0.25) is 5.02 Å². The van der Waals surface area contributed by atoms with Gasteiger partial charge in [-0.2, -0.15) is 4.72 Å². The van der Waals surface area contributed by atoms with Gasteiger partial charge >= 0.3 is 0 Å². The van der Waals surface area contributed by atoms with Crippen molar-refractivity contribution in [3.8, 4) is 11.5 Å². The standard InChI is InChI=1S/C21H19ClN2O4S/c1-15(24-29(26,27)18-10-6-3-7-11-18)21(25)23-19-14-16(22)12-13-20(19)28-17-8-4-2-5-9-17/h2-15,24H,1H3,(H,23,25)/t15-/m1/s1. The van der Waals surface area contributed by atoms with Gasteiger partial charge in [0.25, 0.3) is 0 Å². The topological polar surface area (TPSA) is 84.5 Å². The van der Waals surface area contributed by atoms with Crippen LogP contribution in [0.5, 0.6) is 11.5 Å². The van der Waals surface area contributed by atoms with Crippen LogP contribution in [0.3, 0.4) is 0 Å². The molecule has 0 radical (unpaired) electrons. The number of sulfonamides is 1. The summed E-state index contributed by atoms with van der Waals surface area (Å²) in [4.78, 5) is 12.7. The van der Waals surface area contributed by atoms with Crippen molar-refractivity contribution in [1.29, 1.82) is 0 Å². The van der Waals surface area contributed by atoms with Gasteiger partial charge in [0.05, 0.1) is 16.6 Å². The molecule has 3 aromatic rings. The largest absolute Gasteiger partial charge is 0.455 e. The number of carbonyl (C=O) groups excluding carboxylic acids is 1. The van der Waals surface area contributed by atoms with Gasteiger partial charge in [-0.25, -0.2) is 8.42 Å². The van der Waals surface area contributed by atoms with Crippen LogP contribution in [0, 0.1) is 0 Å². The third kappa shape index (κ3) is 5.57. The SMILES string of the molecule is C[C@@H](NS(=O)(=O)c1ccccc1)C(=O)Nc1cc(Cl)ccc1Oc1ccccc1. The van der Waals surface area contributed by atoms with E-state index in [0.717, 1.165) is 0 Å². The van der Waals surface area contributed by atoms with Gasteiger partial charge in [-0.05, 0) is 49.4 Å². The molecule has 0 aliphatic carbocycles. The normalized spacial score (nSPS) is 12.2. The minimum absolute atomic E-state index is 0.0792. The van der Waals surface area contributed by atoms with Crippen molar-refractivity contribution in [2.45, 2.75) is 17.9 Å². The maximum absolute atomic E-state index is 12.6. The number of halogens is 1. The third-order valence-corrected chi connectivity index (χ3v) is 5.74. The molecule has 0 heterocycles. The molecule has 0 unspecified atom stereocenters. The molecule has 0 fully saturated rings. The first-order valence-electron chi connectivity index (χ1n) is 8.76. The van der Waals surface area contributed by atoms with Crippen LogP contribution in [-0.4, -0.2) is 20.4 Å². The van der Waals surface area contributed by atoms with Gasteiger partial charge in [-0.1, -0.05) is 48.0 Å². The quantitative estimate of drug-likeness (QED) is 0.580. The van der Waals surface area contributed by atoms with E-state index in [1.807, 2.05) is 18.2 Å². The van der Waals surface area contributed by atoms with Crippen LogP contribution < -0.4 is 14.8 Å². The number of nitrogens with one attached hydrogen (secondary N) is 2. The second-order valence-electron chi connectivity index (χ2n) is 6.20. The lowest BCUT2D eigenvalue weighted by atomic mass is 10.2. The molecule has 0 saturated heterocycles. The Kier molecular flexibility index (Phi) is 6.53. The van der Waals surface area contributed by atoms with Crippen LogP contribution in [0.25, 0.3) is 0 Å². The molecular formula is C21H19ClN2O4S. The van der Waals surface area contributed by atoms with E-state index in [0.29, 0.717) is 22.2 Å². The minimum atomic E-state index is -3.83. The van der Waals surface area contributed by atoms with E-state index < -0.39 is 22.0 Å². The Labute approximate surface area is 174 Å². The minimum Gasteiger partial charge on any atom is -0.455 e. The first-order valence-corrected chi connectivity index (χ1v) is 10.6. The monoisotopic (exact) mass is 430 g/mol. The highest BCUT2D eigenvalue weighted by molar-refractivity contribution is 7.89. The van der Waals surface area contributed by atoms with Gasteiger partial charge in [0.1, 0.15) is 5.75 Å². The van der Waals surface area contributed by atoms with E-state index in [1.165, 1.54) is 25.1 Å². The maximum atomic E-state index is 12.6. The van der Waals surface area contributed by atoms with Crippen LogP contribution in [-0.2, 0) is 14.8 Å². The number of hydrogen-bond acceptors (Lipinski definition) is 4. The van der Waals surface area contributed by atoms with E-state index in [9.17, 15) is 13.2 Å². The molecule has 0 aromatic heterocycles. The van der Waals surface area contributed by atoms with Gasteiger partial charge < -0.3 is 10.1 Å². The van der Waals surface area contributed by atoms with Crippen molar-refractivity contribution >= 4 is 33.2 Å². The molecular weight excluding hydrogens is 412 g/mol. The summed E-state index contributed by atoms with van der Waals surface area (Å²) in [5.74, 6) is 0.417. The molecule has 0 spiro atoms. The van der Waals surface area contributed by atoms with E-state index >= 15 is 0 Å². The summed E-state index contributed by atoms with van der Waals surface area (Å²) in [5.41, 5.74) is 0.331. The Morgan fingerprint density at radius 1 is 0.966 bits per heavy atom. The zero-order valence-electron chi connectivity index (χ0n) is 15.5. The van der Waals surface area contributed by atoms with Crippen LogP contribution in [0.4, 0.5) is 5.69 Å². The third-order valence-electron chi connectivity index (χ3n) is 3.95. The fourth-order valence-electron chi connectivity index (χ4n) is 2.50. The summed E-state index contributed by atoms with van der Waals surface area (Å²) >= 11 is 6.05. The summed E-state index contributed by atoms with van der Waals surface area (Å²) in [6.07, 6.45) is 0. The molecule has 0 aliphatic heterocycles. The molecule has 3 aromatic carbocycles. The molecule has 1 atom stereocenters. The first-order chi connectivity index (χ1) is 13.8. The van der Waals surface area contributed by atoms with Crippen LogP contribution in [0.15, 0.2) is 83.8 Å². The number of amides is 1. The summed E-state index contributed by atoms with van der Waals surface area (Å²) in [7, 11) is -3.83. The van der Waals surface area contributed by atoms with E-state index in [1.54, 1.807) is 42.5 Å². The molecule has 0 aliphatic rings. The molecule has 1 amide bonds. The summed E-state index contributed by atoms with van der Waals surface area (Å²) in [5, 5.41) is 3.07. The summed E-state index contributed by atoms with van der Waals surface area (Å²) in [6.45, 7) is 1.46. The van der Waals surface area contributed by atoms with Gasteiger partial charge in [0.15, 0.2) is 5.75 Å². The number of carbonyl (C=O) groups is 1. The van der Waals surface area contributed by atoms with Crippen molar-refractivity contribution < 1.29 is 17.9 Å².